The van der Waals surface area contributed by atoms with Gasteiger partial charge in [0.25, 0.3) is 0 Å². The predicted molar refractivity (Wildman–Crippen MR) is 147 cm³/mol. The normalized spacial score (nSPS) is 12.8. The average molecular weight is 478 g/mol. The van der Waals surface area contributed by atoms with Gasteiger partial charge in [-0.15, -0.1) is 0 Å². The van der Waals surface area contributed by atoms with Crippen LogP contribution in [0.3, 0.4) is 0 Å². The van der Waals surface area contributed by atoms with E-state index in [0.717, 1.165) is 12.1 Å². The van der Waals surface area contributed by atoms with Crippen molar-refractivity contribution in [2.75, 3.05) is 6.61 Å². The van der Waals surface area contributed by atoms with Crippen molar-refractivity contribution < 1.29 is 9.53 Å². The van der Waals surface area contributed by atoms with Gasteiger partial charge in [-0.1, -0.05) is 103 Å². The van der Waals surface area contributed by atoms with Crippen molar-refractivity contribution >= 4 is 5.97 Å². The third-order valence-corrected chi connectivity index (χ3v) is 6.78. The molecule has 4 aromatic carbocycles. The van der Waals surface area contributed by atoms with Crippen molar-refractivity contribution in [3.05, 3.63) is 131 Å². The lowest BCUT2D eigenvalue weighted by molar-refractivity contribution is -0.145. The van der Waals surface area contributed by atoms with E-state index in [1.54, 1.807) is 0 Å². The lowest BCUT2D eigenvalue weighted by Gasteiger charge is -2.37. The van der Waals surface area contributed by atoms with Gasteiger partial charge < -0.3 is 4.74 Å². The highest BCUT2D eigenvalue weighted by molar-refractivity contribution is 5.72. The molecule has 0 radical (unpaired) electrons. The number of benzene rings is 4. The number of esters is 1. The Bertz CT molecular complexity index is 1240. The predicted octanol–water partition coefficient (Wildman–Crippen LogP) is 7.92. The Hall–Kier alpha value is -3.69. The summed E-state index contributed by atoms with van der Waals surface area (Å²) in [5, 5.41) is 0. The number of ether oxygens (including phenoxy) is 1. The number of rotatable bonds is 10. The van der Waals surface area contributed by atoms with E-state index in [9.17, 15) is 4.79 Å². The van der Waals surface area contributed by atoms with Gasteiger partial charge in [-0.05, 0) is 60.2 Å². The Balaban J connectivity index is 1.81. The van der Waals surface area contributed by atoms with Crippen LogP contribution in [0.4, 0.5) is 0 Å². The van der Waals surface area contributed by atoms with E-state index in [0.29, 0.717) is 6.61 Å². The minimum atomic E-state index is -0.178. The zero-order valence-corrected chi connectivity index (χ0v) is 21.4. The zero-order valence-electron chi connectivity index (χ0n) is 21.4. The molecule has 0 aliphatic heterocycles. The third kappa shape index (κ3) is 6.30. The molecule has 36 heavy (non-hydrogen) atoms. The first-order valence-corrected chi connectivity index (χ1v) is 12.7. The van der Waals surface area contributed by atoms with Crippen LogP contribution in [0.5, 0.6) is 0 Å². The van der Waals surface area contributed by atoms with E-state index in [1.165, 1.54) is 27.8 Å². The zero-order chi connectivity index (χ0) is 25.3. The second kappa shape index (κ2) is 12.3. The van der Waals surface area contributed by atoms with Crippen LogP contribution in [-0.4, -0.2) is 17.5 Å². The lowest BCUT2D eigenvalue weighted by atomic mass is 9.92. The molecule has 3 nitrogen and oxygen atoms in total. The summed E-state index contributed by atoms with van der Waals surface area (Å²) < 4.78 is 5.45. The summed E-state index contributed by atoms with van der Waals surface area (Å²) in [6.45, 7) is 7.32. The molecular weight excluding hydrogens is 442 g/mol. The molecule has 1 unspecified atom stereocenters. The van der Waals surface area contributed by atoms with Crippen LogP contribution < -0.4 is 0 Å². The topological polar surface area (TPSA) is 29.5 Å². The molecule has 0 aliphatic rings. The Morgan fingerprint density at radius 3 is 2.06 bits per heavy atom. The highest BCUT2D eigenvalue weighted by atomic mass is 16.5. The molecule has 0 N–H and O–H groups in total. The van der Waals surface area contributed by atoms with Crippen LogP contribution in [0.25, 0.3) is 11.1 Å². The minimum Gasteiger partial charge on any atom is -0.466 e. The fraction of sp³-hybridized carbons (Fsp3) is 0.242. The van der Waals surface area contributed by atoms with Gasteiger partial charge in [0.1, 0.15) is 0 Å². The summed E-state index contributed by atoms with van der Waals surface area (Å²) in [5.41, 5.74) is 7.13. The van der Waals surface area contributed by atoms with Gasteiger partial charge in [-0.25, -0.2) is 0 Å². The Labute approximate surface area is 215 Å². The van der Waals surface area contributed by atoms with Crippen LogP contribution in [-0.2, 0) is 16.1 Å². The van der Waals surface area contributed by atoms with Crippen LogP contribution >= 0.6 is 0 Å². The van der Waals surface area contributed by atoms with Crippen molar-refractivity contribution in [3.63, 3.8) is 0 Å². The van der Waals surface area contributed by atoms with Crippen molar-refractivity contribution in [2.45, 2.75) is 45.8 Å². The molecule has 184 valence electrons. The summed E-state index contributed by atoms with van der Waals surface area (Å²) in [6.07, 6.45) is 0.287. The van der Waals surface area contributed by atoms with Crippen molar-refractivity contribution in [2.24, 2.45) is 0 Å². The molecule has 2 atom stereocenters. The number of carbonyl (C=O) groups is 1. The van der Waals surface area contributed by atoms with E-state index < -0.39 is 0 Å². The fourth-order valence-electron chi connectivity index (χ4n) is 4.81. The van der Waals surface area contributed by atoms with Gasteiger partial charge in [0, 0.05) is 18.6 Å². The number of hydrogen-bond donors (Lipinski definition) is 0. The molecule has 0 aliphatic carbocycles. The molecule has 0 aromatic heterocycles. The average Bonchev–Trinajstić information content (AvgIpc) is 2.92. The largest absolute Gasteiger partial charge is 0.466 e. The van der Waals surface area contributed by atoms with Crippen molar-refractivity contribution in [1.82, 2.24) is 4.90 Å². The Kier molecular flexibility index (Phi) is 8.70. The fourth-order valence-corrected chi connectivity index (χ4v) is 4.81. The maximum Gasteiger partial charge on any atom is 0.307 e. The van der Waals surface area contributed by atoms with Crippen molar-refractivity contribution in [3.8, 4) is 11.1 Å². The molecule has 0 saturated heterocycles. The van der Waals surface area contributed by atoms with Gasteiger partial charge in [0.2, 0.25) is 0 Å². The Morgan fingerprint density at radius 2 is 1.42 bits per heavy atom. The summed E-state index contributed by atoms with van der Waals surface area (Å²) >= 11 is 0. The van der Waals surface area contributed by atoms with Crippen LogP contribution in [0.15, 0.2) is 109 Å². The first-order chi connectivity index (χ1) is 17.6. The maximum atomic E-state index is 12.9. The molecule has 0 heterocycles. The quantitative estimate of drug-likeness (QED) is 0.217. The minimum absolute atomic E-state index is 0.0901. The summed E-state index contributed by atoms with van der Waals surface area (Å²) in [6, 6.07) is 38.0. The van der Waals surface area contributed by atoms with E-state index in [4.69, 9.17) is 4.74 Å². The molecule has 4 rings (SSSR count). The maximum absolute atomic E-state index is 12.9. The highest BCUT2D eigenvalue weighted by Gasteiger charge is 2.29. The van der Waals surface area contributed by atoms with Gasteiger partial charge in [-0.2, -0.15) is 0 Å². The van der Waals surface area contributed by atoms with Gasteiger partial charge in [0.15, 0.2) is 0 Å². The van der Waals surface area contributed by atoms with E-state index >= 15 is 0 Å². The molecule has 0 fully saturated rings. The third-order valence-electron chi connectivity index (χ3n) is 6.78. The second-order valence-corrected chi connectivity index (χ2v) is 9.21. The molecule has 0 bridgehead atoms. The molecule has 0 saturated carbocycles. The first-order valence-electron chi connectivity index (χ1n) is 12.7. The summed E-state index contributed by atoms with van der Waals surface area (Å²) in [5.74, 6) is -0.178. The highest BCUT2D eigenvalue weighted by Crippen LogP contribution is 2.37. The molecule has 3 heteroatoms. The lowest BCUT2D eigenvalue weighted by Crippen LogP contribution is -2.33. The standard InChI is InChI=1S/C33H35NO2/c1-4-36-33(35)23-32(30-21-20-25(2)31(22-30)29-18-12-7-13-19-29)34(24-27-14-8-5-9-15-27)26(3)28-16-10-6-11-17-28/h5-22,26,32H,4,23-24H2,1-3H3/t26-,32?/m1/s1. The molecule has 0 amide bonds. The van der Waals surface area contributed by atoms with Crippen LogP contribution in [0, 0.1) is 6.92 Å². The van der Waals surface area contributed by atoms with Crippen LogP contribution in [0.2, 0.25) is 0 Å². The van der Waals surface area contributed by atoms with E-state index in [-0.39, 0.29) is 24.5 Å². The smallest absolute Gasteiger partial charge is 0.307 e. The SMILES string of the molecule is CCOC(=O)CC(c1ccc(C)c(-c2ccccc2)c1)N(Cc1ccccc1)[C@H](C)c1ccccc1. The van der Waals surface area contributed by atoms with Crippen molar-refractivity contribution in [1.29, 1.82) is 0 Å². The number of nitrogens with zero attached hydrogens (tertiary/aromatic N) is 1. The van der Waals surface area contributed by atoms with Gasteiger partial charge >= 0.3 is 5.97 Å². The molecule has 4 aromatic rings. The number of aryl methyl sites for hydroxylation is 1. The van der Waals surface area contributed by atoms with E-state index in [2.05, 4.69) is 110 Å². The second-order valence-electron chi connectivity index (χ2n) is 9.21. The number of carbonyl (C=O) groups excluding carboxylic acids is 1. The first kappa shape index (κ1) is 25.4. The monoisotopic (exact) mass is 477 g/mol. The van der Waals surface area contributed by atoms with E-state index in [1.807, 2.05) is 25.1 Å². The Morgan fingerprint density at radius 1 is 0.806 bits per heavy atom. The molecular formula is C33H35NO2. The number of hydrogen-bond acceptors (Lipinski definition) is 3. The van der Waals surface area contributed by atoms with Crippen LogP contribution in [0.1, 0.15) is 54.6 Å². The van der Waals surface area contributed by atoms with Gasteiger partial charge in [0.05, 0.1) is 13.0 Å². The molecule has 0 spiro atoms. The summed E-state index contributed by atoms with van der Waals surface area (Å²) in [4.78, 5) is 15.3. The summed E-state index contributed by atoms with van der Waals surface area (Å²) in [7, 11) is 0. The van der Waals surface area contributed by atoms with Gasteiger partial charge in [-0.3, -0.25) is 9.69 Å².